The number of hydrogen-bond donors (Lipinski definition) is 1. The van der Waals surface area contributed by atoms with E-state index >= 15 is 0 Å². The molecule has 0 aliphatic rings. The summed E-state index contributed by atoms with van der Waals surface area (Å²) in [6.07, 6.45) is 5.19. The second kappa shape index (κ2) is 5.59. The van der Waals surface area contributed by atoms with Crippen LogP contribution >= 0.6 is 0 Å². The van der Waals surface area contributed by atoms with Gasteiger partial charge in [-0.1, -0.05) is 24.3 Å². The molecule has 0 spiro atoms. The summed E-state index contributed by atoms with van der Waals surface area (Å²) < 4.78 is 0. The lowest BCUT2D eigenvalue weighted by molar-refractivity contribution is 0.876. The molecule has 1 atom stereocenters. The van der Waals surface area contributed by atoms with Crippen LogP contribution in [0.15, 0.2) is 55.0 Å². The zero-order chi connectivity index (χ0) is 14.7. The van der Waals surface area contributed by atoms with E-state index in [0.29, 0.717) is 5.56 Å². The molecule has 0 aliphatic carbocycles. The van der Waals surface area contributed by atoms with Crippen molar-refractivity contribution in [3.05, 3.63) is 66.1 Å². The lowest BCUT2D eigenvalue weighted by Crippen LogP contribution is -2.09. The normalized spacial score (nSPS) is 11.8. The highest BCUT2D eigenvalue weighted by atomic mass is 14.9. The Balaban J connectivity index is 2.05. The van der Waals surface area contributed by atoms with E-state index < -0.39 is 0 Å². The van der Waals surface area contributed by atoms with Crippen LogP contribution in [0.3, 0.4) is 0 Å². The van der Waals surface area contributed by atoms with Gasteiger partial charge in [0.1, 0.15) is 6.07 Å². The molecule has 4 nitrogen and oxygen atoms in total. The van der Waals surface area contributed by atoms with Crippen LogP contribution < -0.4 is 5.32 Å². The van der Waals surface area contributed by atoms with Gasteiger partial charge in [0.25, 0.3) is 0 Å². The number of rotatable bonds is 3. The fraction of sp³-hybridized carbons (Fsp3) is 0.118. The zero-order valence-corrected chi connectivity index (χ0v) is 11.6. The number of hydrogen-bond acceptors (Lipinski definition) is 4. The van der Waals surface area contributed by atoms with Gasteiger partial charge in [-0.25, -0.2) is 0 Å². The Bertz CT molecular complexity index is 806. The summed E-state index contributed by atoms with van der Waals surface area (Å²) >= 11 is 0. The van der Waals surface area contributed by atoms with Crippen LogP contribution in [0.4, 0.5) is 5.69 Å². The molecule has 0 aliphatic heterocycles. The van der Waals surface area contributed by atoms with Crippen molar-refractivity contribution < 1.29 is 0 Å². The van der Waals surface area contributed by atoms with Crippen molar-refractivity contribution in [2.45, 2.75) is 13.0 Å². The summed E-state index contributed by atoms with van der Waals surface area (Å²) in [6, 6.07) is 14.0. The van der Waals surface area contributed by atoms with Crippen LogP contribution in [0.1, 0.15) is 24.1 Å². The Morgan fingerprint density at radius 2 is 2.00 bits per heavy atom. The molecule has 1 N–H and O–H groups in total. The average Bonchev–Trinajstić information content (AvgIpc) is 2.56. The maximum Gasteiger partial charge on any atom is 0.103 e. The quantitative estimate of drug-likeness (QED) is 0.791. The van der Waals surface area contributed by atoms with E-state index in [4.69, 9.17) is 0 Å². The molecule has 0 saturated carbocycles. The molecule has 4 heteroatoms. The zero-order valence-electron chi connectivity index (χ0n) is 11.6. The minimum Gasteiger partial charge on any atom is -0.377 e. The van der Waals surface area contributed by atoms with E-state index in [1.807, 2.05) is 49.5 Å². The lowest BCUT2D eigenvalue weighted by atomic mass is 10.1. The summed E-state index contributed by atoms with van der Waals surface area (Å²) in [5.74, 6) is 0. The van der Waals surface area contributed by atoms with Gasteiger partial charge in [-0.2, -0.15) is 5.26 Å². The van der Waals surface area contributed by atoms with Crippen molar-refractivity contribution in [3.63, 3.8) is 0 Å². The minimum atomic E-state index is 0.0524. The first kappa shape index (κ1) is 13.1. The lowest BCUT2D eigenvalue weighted by Gasteiger charge is -2.17. The molecule has 1 aromatic carbocycles. The Labute approximate surface area is 123 Å². The molecule has 1 unspecified atom stereocenters. The van der Waals surface area contributed by atoms with Gasteiger partial charge < -0.3 is 5.32 Å². The molecule has 2 heterocycles. The monoisotopic (exact) mass is 274 g/mol. The topological polar surface area (TPSA) is 61.6 Å². The molecular weight excluding hydrogens is 260 g/mol. The highest BCUT2D eigenvalue weighted by Gasteiger charge is 2.12. The molecule has 0 fully saturated rings. The third kappa shape index (κ3) is 2.54. The van der Waals surface area contributed by atoms with Crippen molar-refractivity contribution in [2.75, 3.05) is 5.32 Å². The van der Waals surface area contributed by atoms with Crippen LogP contribution in [-0.4, -0.2) is 9.97 Å². The summed E-state index contributed by atoms with van der Waals surface area (Å²) in [5.41, 5.74) is 3.31. The number of nitrogens with zero attached hydrogens (tertiary/aromatic N) is 3. The van der Waals surface area contributed by atoms with Crippen molar-refractivity contribution in [1.82, 2.24) is 9.97 Å². The molecule has 3 rings (SSSR count). The molecule has 3 aromatic rings. The first-order valence-electron chi connectivity index (χ1n) is 6.74. The van der Waals surface area contributed by atoms with Crippen molar-refractivity contribution >= 4 is 16.6 Å². The van der Waals surface area contributed by atoms with Crippen molar-refractivity contribution in [1.29, 1.82) is 5.26 Å². The molecule has 0 bridgehead atoms. The molecule has 0 saturated heterocycles. The van der Waals surface area contributed by atoms with Crippen LogP contribution in [0.2, 0.25) is 0 Å². The first-order valence-corrected chi connectivity index (χ1v) is 6.74. The fourth-order valence-corrected chi connectivity index (χ4v) is 2.31. The van der Waals surface area contributed by atoms with Crippen LogP contribution in [0.25, 0.3) is 10.9 Å². The van der Waals surface area contributed by atoms with Gasteiger partial charge in [0, 0.05) is 24.0 Å². The van der Waals surface area contributed by atoms with Gasteiger partial charge >= 0.3 is 0 Å². The highest BCUT2D eigenvalue weighted by Crippen LogP contribution is 2.28. The van der Waals surface area contributed by atoms with E-state index in [1.165, 1.54) is 0 Å². The number of fused-ring (bicyclic) bond motifs is 1. The fourth-order valence-electron chi connectivity index (χ4n) is 2.31. The van der Waals surface area contributed by atoms with Crippen molar-refractivity contribution in [2.24, 2.45) is 0 Å². The summed E-state index contributed by atoms with van der Waals surface area (Å²) in [6.45, 7) is 2.05. The second-order valence-electron chi connectivity index (χ2n) is 4.83. The SMILES string of the molecule is CC(Nc1c(C#N)cnc2ccccc12)c1cccnc1. The van der Waals surface area contributed by atoms with Crippen LogP contribution in [0.5, 0.6) is 0 Å². The Morgan fingerprint density at radius 3 is 2.76 bits per heavy atom. The van der Waals surface area contributed by atoms with E-state index in [2.05, 4.69) is 21.4 Å². The molecular formula is C17H14N4. The Morgan fingerprint density at radius 1 is 1.14 bits per heavy atom. The first-order chi connectivity index (χ1) is 10.3. The smallest absolute Gasteiger partial charge is 0.103 e. The number of anilines is 1. The highest BCUT2D eigenvalue weighted by molar-refractivity contribution is 5.94. The predicted octanol–water partition coefficient (Wildman–Crippen LogP) is 3.67. The van der Waals surface area contributed by atoms with Gasteiger partial charge in [0.2, 0.25) is 0 Å². The molecule has 0 radical (unpaired) electrons. The summed E-state index contributed by atoms with van der Waals surface area (Å²) in [4.78, 5) is 8.45. The van der Waals surface area contributed by atoms with E-state index in [0.717, 1.165) is 22.2 Å². The van der Waals surface area contributed by atoms with Gasteiger partial charge in [0.15, 0.2) is 0 Å². The van der Waals surface area contributed by atoms with Crippen LogP contribution in [-0.2, 0) is 0 Å². The number of benzene rings is 1. The molecule has 0 amide bonds. The third-order valence-electron chi connectivity index (χ3n) is 3.44. The summed E-state index contributed by atoms with van der Waals surface area (Å²) in [7, 11) is 0. The third-order valence-corrected chi connectivity index (χ3v) is 3.44. The van der Waals surface area contributed by atoms with Gasteiger partial charge in [-0.05, 0) is 24.6 Å². The van der Waals surface area contributed by atoms with E-state index in [-0.39, 0.29) is 6.04 Å². The van der Waals surface area contributed by atoms with Crippen molar-refractivity contribution in [3.8, 4) is 6.07 Å². The Kier molecular flexibility index (Phi) is 3.48. The molecule has 21 heavy (non-hydrogen) atoms. The average molecular weight is 274 g/mol. The standard InChI is InChI=1S/C17H14N4/c1-12(13-5-4-8-19-10-13)21-17-14(9-18)11-20-16-7-3-2-6-15(16)17/h2-8,10-12H,1H3,(H,20,21). The van der Waals surface area contributed by atoms with E-state index in [9.17, 15) is 5.26 Å². The van der Waals surface area contributed by atoms with Crippen LogP contribution in [0, 0.1) is 11.3 Å². The Hall–Kier alpha value is -2.93. The number of nitrogens with one attached hydrogen (secondary N) is 1. The largest absolute Gasteiger partial charge is 0.377 e. The minimum absolute atomic E-state index is 0.0524. The number of nitriles is 1. The van der Waals surface area contributed by atoms with Gasteiger partial charge in [-0.3, -0.25) is 9.97 Å². The summed E-state index contributed by atoms with van der Waals surface area (Å²) in [5, 5.41) is 13.7. The molecule has 2 aromatic heterocycles. The predicted molar refractivity (Wildman–Crippen MR) is 82.7 cm³/mol. The van der Waals surface area contributed by atoms with Gasteiger partial charge in [0.05, 0.1) is 22.8 Å². The van der Waals surface area contributed by atoms with E-state index in [1.54, 1.807) is 12.4 Å². The maximum atomic E-state index is 9.32. The second-order valence-corrected chi connectivity index (χ2v) is 4.83. The van der Waals surface area contributed by atoms with Gasteiger partial charge in [-0.15, -0.1) is 0 Å². The maximum absolute atomic E-state index is 9.32. The molecule has 102 valence electrons. The number of pyridine rings is 2. The number of aromatic nitrogens is 2. The number of para-hydroxylation sites is 1.